The lowest BCUT2D eigenvalue weighted by molar-refractivity contribution is 0.447. The van der Waals surface area contributed by atoms with Gasteiger partial charge in [-0.15, -0.1) is 23.2 Å². The van der Waals surface area contributed by atoms with Crippen LogP contribution in [0.5, 0.6) is 0 Å². The van der Waals surface area contributed by atoms with Gasteiger partial charge in [0.25, 0.3) is 0 Å². The summed E-state index contributed by atoms with van der Waals surface area (Å²) in [5, 5.41) is 0. The second-order valence-corrected chi connectivity index (χ2v) is 5.87. The van der Waals surface area contributed by atoms with Gasteiger partial charge in [0.05, 0.1) is 0 Å². The molecule has 0 saturated carbocycles. The lowest BCUT2D eigenvalue weighted by atomic mass is 10.6. The normalized spacial score (nSPS) is 16.4. The Hall–Kier alpha value is 0.730. The third kappa shape index (κ3) is 4.11. The Balaban J connectivity index is 4.17. The number of nitrogens with zero attached hydrogens (tertiary/aromatic N) is 1. The first-order chi connectivity index (χ1) is 5.58. The Kier molecular flexibility index (Phi) is 6.60. The molecule has 0 rings (SSSR count). The topological polar surface area (TPSA) is 46.3 Å². The largest absolute Gasteiger partial charge is 0.289 e. The molecule has 0 spiro atoms. The summed E-state index contributed by atoms with van der Waals surface area (Å²) in [6, 6.07) is 0. The van der Waals surface area contributed by atoms with Crippen molar-refractivity contribution in [1.29, 1.82) is 0 Å². The zero-order chi connectivity index (χ0) is 9.61. The van der Waals surface area contributed by atoms with Crippen LogP contribution in [-0.4, -0.2) is 35.7 Å². The minimum Gasteiger partial charge on any atom is -0.289 e. The van der Waals surface area contributed by atoms with E-state index < -0.39 is 7.44 Å². The molecule has 12 heavy (non-hydrogen) atoms. The van der Waals surface area contributed by atoms with Crippen LogP contribution in [0.3, 0.4) is 0 Å². The minimum absolute atomic E-state index is 0.429. The summed E-state index contributed by atoms with van der Waals surface area (Å²) < 4.78 is 13.3. The first kappa shape index (κ1) is 12.7. The van der Waals surface area contributed by atoms with E-state index in [4.69, 9.17) is 28.7 Å². The number of rotatable bonds is 6. The average Bonchev–Trinajstić information content (AvgIpc) is 2.04. The lowest BCUT2D eigenvalue weighted by Gasteiger charge is -2.26. The van der Waals surface area contributed by atoms with Crippen LogP contribution in [0.2, 0.25) is 0 Å². The average molecular weight is 233 g/mol. The molecule has 0 aromatic heterocycles. The Morgan fingerprint density at radius 2 is 1.75 bits per heavy atom. The van der Waals surface area contributed by atoms with E-state index in [2.05, 4.69) is 0 Å². The highest BCUT2D eigenvalue weighted by Gasteiger charge is 2.22. The summed E-state index contributed by atoms with van der Waals surface area (Å²) >= 11 is 11.1. The van der Waals surface area contributed by atoms with Crippen LogP contribution in [-0.2, 0) is 4.57 Å². The fourth-order valence-corrected chi connectivity index (χ4v) is 2.77. The Labute approximate surface area is 83.7 Å². The van der Waals surface area contributed by atoms with E-state index in [9.17, 15) is 4.57 Å². The number of nitrogens with two attached hydrogens (primary N) is 1. The molecular formula is C6H15Cl2N2OP. The van der Waals surface area contributed by atoms with E-state index in [0.29, 0.717) is 31.0 Å². The smallest absolute Gasteiger partial charge is 0.211 e. The molecule has 74 valence electrons. The highest BCUT2D eigenvalue weighted by molar-refractivity contribution is 7.59. The fourth-order valence-electron chi connectivity index (χ4n) is 0.845. The van der Waals surface area contributed by atoms with E-state index in [-0.39, 0.29) is 0 Å². The second-order valence-electron chi connectivity index (χ2n) is 2.40. The van der Waals surface area contributed by atoms with Gasteiger partial charge < -0.3 is 0 Å². The van der Waals surface area contributed by atoms with Gasteiger partial charge in [0, 0.05) is 31.0 Å². The number of hydrogen-bond acceptors (Lipinski definition) is 1. The number of halogens is 2. The predicted molar refractivity (Wildman–Crippen MR) is 55.3 cm³/mol. The molecule has 0 saturated heterocycles. The van der Waals surface area contributed by atoms with E-state index in [0.717, 1.165) is 0 Å². The van der Waals surface area contributed by atoms with Crippen LogP contribution >= 0.6 is 30.6 Å². The summed E-state index contributed by atoms with van der Waals surface area (Å²) in [5.74, 6) is 0.857. The van der Waals surface area contributed by atoms with Crippen molar-refractivity contribution in [2.45, 2.75) is 6.92 Å². The summed E-state index contributed by atoms with van der Waals surface area (Å²) in [6.07, 6.45) is 0.459. The molecule has 0 bridgehead atoms. The Bertz CT molecular complexity index is 162. The quantitative estimate of drug-likeness (QED) is 0.563. The zero-order valence-electron chi connectivity index (χ0n) is 7.17. The maximum absolute atomic E-state index is 11.6. The van der Waals surface area contributed by atoms with Crippen molar-refractivity contribution in [3.05, 3.63) is 0 Å². The molecule has 0 radical (unpaired) electrons. The summed E-state index contributed by atoms with van der Waals surface area (Å²) in [7, 11) is -2.65. The standard InChI is InChI=1S/C6H15Cl2N2OP/c1-2-12(9,11)10(5-3-7)6-4-8/h2-6H2,1H3,(H2,9,11). The first-order valence-corrected chi connectivity index (χ1v) is 6.81. The maximum Gasteiger partial charge on any atom is 0.211 e. The molecule has 0 fully saturated rings. The van der Waals surface area contributed by atoms with Gasteiger partial charge in [-0.1, -0.05) is 6.92 Å². The molecule has 0 heterocycles. The molecule has 6 heteroatoms. The molecule has 0 aromatic carbocycles. The maximum atomic E-state index is 11.6. The van der Waals surface area contributed by atoms with Gasteiger partial charge in [-0.25, -0.2) is 4.67 Å². The molecular weight excluding hydrogens is 218 g/mol. The lowest BCUT2D eigenvalue weighted by Crippen LogP contribution is -2.29. The summed E-state index contributed by atoms with van der Waals surface area (Å²) in [5.41, 5.74) is 5.60. The molecule has 3 nitrogen and oxygen atoms in total. The highest BCUT2D eigenvalue weighted by atomic mass is 35.5. The molecule has 0 aliphatic carbocycles. The van der Waals surface area contributed by atoms with Gasteiger partial charge in [-0.3, -0.25) is 10.1 Å². The second kappa shape index (κ2) is 6.22. The molecule has 0 amide bonds. The first-order valence-electron chi connectivity index (χ1n) is 3.83. The van der Waals surface area contributed by atoms with Crippen molar-refractivity contribution in [3.63, 3.8) is 0 Å². The van der Waals surface area contributed by atoms with Gasteiger partial charge in [-0.05, 0) is 0 Å². The van der Waals surface area contributed by atoms with Gasteiger partial charge in [0.1, 0.15) is 0 Å². The van der Waals surface area contributed by atoms with Crippen molar-refractivity contribution in [1.82, 2.24) is 4.67 Å². The highest BCUT2D eigenvalue weighted by Crippen LogP contribution is 2.39. The predicted octanol–water partition coefficient (Wildman–Crippen LogP) is 1.94. The summed E-state index contributed by atoms with van der Waals surface area (Å²) in [4.78, 5) is 0. The van der Waals surface area contributed by atoms with Crippen LogP contribution in [0.15, 0.2) is 0 Å². The van der Waals surface area contributed by atoms with Crippen molar-refractivity contribution in [2.24, 2.45) is 5.50 Å². The van der Waals surface area contributed by atoms with Crippen molar-refractivity contribution < 1.29 is 4.57 Å². The molecule has 1 atom stereocenters. The molecule has 1 unspecified atom stereocenters. The van der Waals surface area contributed by atoms with Crippen molar-refractivity contribution >= 4 is 30.6 Å². The minimum atomic E-state index is -2.65. The van der Waals surface area contributed by atoms with Crippen LogP contribution in [0, 0.1) is 0 Å². The third-order valence-electron chi connectivity index (χ3n) is 1.62. The van der Waals surface area contributed by atoms with Crippen molar-refractivity contribution in [2.75, 3.05) is 31.0 Å². The SMILES string of the molecule is CCP(N)(=O)N(CCCl)CCCl. The van der Waals surface area contributed by atoms with Gasteiger partial charge >= 0.3 is 0 Å². The van der Waals surface area contributed by atoms with Crippen LogP contribution in [0.25, 0.3) is 0 Å². The number of hydrogen-bond donors (Lipinski definition) is 1. The number of alkyl halides is 2. The summed E-state index contributed by atoms with van der Waals surface area (Å²) in [6.45, 7) is 2.88. The Morgan fingerprint density at radius 1 is 1.33 bits per heavy atom. The monoisotopic (exact) mass is 232 g/mol. The van der Waals surface area contributed by atoms with E-state index in [1.54, 1.807) is 11.6 Å². The van der Waals surface area contributed by atoms with Crippen molar-refractivity contribution in [3.8, 4) is 0 Å². The molecule has 0 aliphatic heterocycles. The van der Waals surface area contributed by atoms with Crippen LogP contribution < -0.4 is 5.50 Å². The van der Waals surface area contributed by atoms with E-state index in [1.165, 1.54) is 0 Å². The molecule has 0 aliphatic rings. The zero-order valence-corrected chi connectivity index (χ0v) is 9.58. The van der Waals surface area contributed by atoms with Crippen LogP contribution in [0.1, 0.15) is 6.92 Å². The fraction of sp³-hybridized carbons (Fsp3) is 1.00. The molecule has 0 aromatic rings. The molecule has 2 N–H and O–H groups in total. The van der Waals surface area contributed by atoms with Gasteiger partial charge in [-0.2, -0.15) is 0 Å². The van der Waals surface area contributed by atoms with E-state index >= 15 is 0 Å². The van der Waals surface area contributed by atoms with Crippen LogP contribution in [0.4, 0.5) is 0 Å². The van der Waals surface area contributed by atoms with Gasteiger partial charge in [0.15, 0.2) is 0 Å². The van der Waals surface area contributed by atoms with Gasteiger partial charge in [0.2, 0.25) is 7.44 Å². The van der Waals surface area contributed by atoms with E-state index in [1.807, 2.05) is 0 Å². The Morgan fingerprint density at radius 3 is 2.00 bits per heavy atom. The third-order valence-corrected chi connectivity index (χ3v) is 4.22.